The lowest BCUT2D eigenvalue weighted by Crippen LogP contribution is -2.41. The number of carbonyl (C=O) groups excluding carboxylic acids is 2. The highest BCUT2D eigenvalue weighted by Crippen LogP contribution is 2.17. The van der Waals surface area contributed by atoms with E-state index in [1.54, 1.807) is 22.9 Å². The molecule has 124 valence electrons. The zero-order chi connectivity index (χ0) is 16.7. The molecular formula is C15H26N4O3. The van der Waals surface area contributed by atoms with Gasteiger partial charge in [0.25, 0.3) is 0 Å². The van der Waals surface area contributed by atoms with E-state index in [2.05, 4.69) is 10.5 Å². The number of hydrogen-bond acceptors (Lipinski definition) is 5. The zero-order valence-corrected chi connectivity index (χ0v) is 14.0. The molecule has 2 amide bonds. The molecule has 0 saturated heterocycles. The number of amides is 2. The van der Waals surface area contributed by atoms with Gasteiger partial charge in [0.1, 0.15) is 0 Å². The Morgan fingerprint density at radius 2 is 1.91 bits per heavy atom. The van der Waals surface area contributed by atoms with E-state index < -0.39 is 0 Å². The van der Waals surface area contributed by atoms with Crippen LogP contribution in [-0.2, 0) is 9.59 Å². The van der Waals surface area contributed by atoms with Gasteiger partial charge in [-0.15, -0.1) is 0 Å². The molecule has 7 heteroatoms. The highest BCUT2D eigenvalue weighted by molar-refractivity contribution is 5.91. The lowest BCUT2D eigenvalue weighted by molar-refractivity contribution is -0.132. The highest BCUT2D eigenvalue weighted by Gasteiger charge is 2.16. The van der Waals surface area contributed by atoms with Crippen LogP contribution >= 0.6 is 0 Å². The Morgan fingerprint density at radius 1 is 1.27 bits per heavy atom. The van der Waals surface area contributed by atoms with E-state index in [1.165, 1.54) is 0 Å². The predicted molar refractivity (Wildman–Crippen MR) is 84.6 cm³/mol. The number of likely N-dealkylation sites (N-methyl/N-ethyl adjacent to an activating group) is 2. The molecule has 1 N–H and O–H groups in total. The number of anilines is 1. The topological polar surface area (TPSA) is 78.7 Å². The van der Waals surface area contributed by atoms with Crippen LogP contribution in [0.3, 0.4) is 0 Å². The molecule has 1 heterocycles. The molecule has 0 unspecified atom stereocenters. The molecule has 0 aliphatic carbocycles. The molecule has 0 aromatic carbocycles. The number of nitrogens with one attached hydrogen (secondary N) is 1. The van der Waals surface area contributed by atoms with Gasteiger partial charge in [0.15, 0.2) is 0 Å². The van der Waals surface area contributed by atoms with E-state index in [9.17, 15) is 9.59 Å². The first-order valence-electron chi connectivity index (χ1n) is 7.60. The standard InChI is InChI=1S/C15H26N4O3/c1-6-19(7-2)15(21)10-18(5)9-13(20)16-14-8-12(11(3)4)17-22-14/h8,11H,6-7,9-10H2,1-5H3,(H,16,20). The molecule has 0 fully saturated rings. The minimum atomic E-state index is -0.235. The van der Waals surface area contributed by atoms with Crippen molar-refractivity contribution in [3.63, 3.8) is 0 Å². The van der Waals surface area contributed by atoms with Crippen molar-refractivity contribution in [3.05, 3.63) is 11.8 Å². The van der Waals surface area contributed by atoms with Gasteiger partial charge in [0.05, 0.1) is 18.8 Å². The van der Waals surface area contributed by atoms with Crippen molar-refractivity contribution in [1.29, 1.82) is 0 Å². The average molecular weight is 310 g/mol. The van der Waals surface area contributed by atoms with E-state index in [4.69, 9.17) is 4.52 Å². The Kier molecular flexibility index (Phi) is 7.04. The van der Waals surface area contributed by atoms with Crippen LogP contribution in [0.25, 0.3) is 0 Å². The van der Waals surface area contributed by atoms with E-state index in [0.717, 1.165) is 5.69 Å². The van der Waals surface area contributed by atoms with Crippen molar-refractivity contribution in [2.45, 2.75) is 33.6 Å². The molecule has 0 radical (unpaired) electrons. The van der Waals surface area contributed by atoms with Crippen LogP contribution in [0.2, 0.25) is 0 Å². The number of aromatic nitrogens is 1. The second-order valence-electron chi connectivity index (χ2n) is 5.56. The van der Waals surface area contributed by atoms with Gasteiger partial charge in [-0.05, 0) is 26.8 Å². The van der Waals surface area contributed by atoms with Crippen molar-refractivity contribution >= 4 is 17.7 Å². The summed E-state index contributed by atoms with van der Waals surface area (Å²) in [5, 5.41) is 6.52. The monoisotopic (exact) mass is 310 g/mol. The highest BCUT2D eigenvalue weighted by atomic mass is 16.5. The van der Waals surface area contributed by atoms with E-state index in [1.807, 2.05) is 27.7 Å². The minimum absolute atomic E-state index is 0.0158. The van der Waals surface area contributed by atoms with E-state index in [0.29, 0.717) is 19.0 Å². The number of rotatable bonds is 8. The van der Waals surface area contributed by atoms with E-state index in [-0.39, 0.29) is 30.8 Å². The number of carbonyl (C=O) groups is 2. The smallest absolute Gasteiger partial charge is 0.240 e. The van der Waals surface area contributed by atoms with Crippen LogP contribution in [-0.4, -0.2) is 60.0 Å². The van der Waals surface area contributed by atoms with Gasteiger partial charge in [-0.25, -0.2) is 0 Å². The summed E-state index contributed by atoms with van der Waals surface area (Å²) in [7, 11) is 1.74. The number of nitrogens with zero attached hydrogens (tertiary/aromatic N) is 3. The summed E-state index contributed by atoms with van der Waals surface area (Å²) < 4.78 is 5.06. The second kappa shape index (κ2) is 8.53. The van der Waals surface area contributed by atoms with Gasteiger partial charge in [0.2, 0.25) is 17.7 Å². The Labute approximate surface area is 131 Å². The first-order chi connectivity index (χ1) is 10.4. The first kappa shape index (κ1) is 18.2. The van der Waals surface area contributed by atoms with Crippen molar-refractivity contribution in [2.24, 2.45) is 0 Å². The Hall–Kier alpha value is -1.89. The van der Waals surface area contributed by atoms with Crippen LogP contribution in [0.1, 0.15) is 39.3 Å². The van der Waals surface area contributed by atoms with Crippen LogP contribution in [0, 0.1) is 0 Å². The molecule has 0 saturated carbocycles. The second-order valence-corrected chi connectivity index (χ2v) is 5.56. The third kappa shape index (κ3) is 5.48. The summed E-state index contributed by atoms with van der Waals surface area (Å²) in [6, 6.07) is 1.71. The lowest BCUT2D eigenvalue weighted by Gasteiger charge is -2.22. The maximum absolute atomic E-state index is 12.0. The third-order valence-corrected chi connectivity index (χ3v) is 3.32. The van der Waals surface area contributed by atoms with Gasteiger partial charge in [-0.3, -0.25) is 19.8 Å². The summed E-state index contributed by atoms with van der Waals surface area (Å²) in [5.74, 6) is 0.351. The van der Waals surface area contributed by atoms with E-state index >= 15 is 0 Å². The maximum Gasteiger partial charge on any atom is 0.240 e. The SMILES string of the molecule is CCN(CC)C(=O)CN(C)CC(=O)Nc1cc(C(C)C)no1. The fraction of sp³-hybridized carbons (Fsp3) is 0.667. The van der Waals surface area contributed by atoms with Crippen LogP contribution in [0.4, 0.5) is 5.88 Å². The molecule has 0 aliphatic rings. The summed E-state index contributed by atoms with van der Waals surface area (Å²) in [4.78, 5) is 27.3. The van der Waals surface area contributed by atoms with Gasteiger partial charge in [0, 0.05) is 19.2 Å². The Morgan fingerprint density at radius 3 is 2.41 bits per heavy atom. The van der Waals surface area contributed by atoms with Crippen LogP contribution in [0.15, 0.2) is 10.6 Å². The summed E-state index contributed by atoms with van der Waals surface area (Å²) in [5.41, 5.74) is 0.792. The largest absolute Gasteiger partial charge is 0.342 e. The van der Waals surface area contributed by atoms with Gasteiger partial charge < -0.3 is 9.42 Å². The maximum atomic E-state index is 12.0. The fourth-order valence-electron chi connectivity index (χ4n) is 2.01. The predicted octanol–water partition coefficient (Wildman–Crippen LogP) is 1.54. The molecule has 0 bridgehead atoms. The Balaban J connectivity index is 2.45. The van der Waals surface area contributed by atoms with Gasteiger partial charge in [-0.2, -0.15) is 0 Å². The lowest BCUT2D eigenvalue weighted by atomic mass is 10.1. The molecule has 0 spiro atoms. The molecule has 1 aromatic heterocycles. The minimum Gasteiger partial charge on any atom is -0.342 e. The molecule has 0 aliphatic heterocycles. The number of hydrogen-bond donors (Lipinski definition) is 1. The van der Waals surface area contributed by atoms with Gasteiger partial charge >= 0.3 is 0 Å². The first-order valence-corrected chi connectivity index (χ1v) is 7.60. The normalized spacial score (nSPS) is 11.0. The average Bonchev–Trinajstić information content (AvgIpc) is 2.88. The summed E-state index contributed by atoms with van der Waals surface area (Å²) >= 11 is 0. The van der Waals surface area contributed by atoms with Crippen molar-refractivity contribution in [1.82, 2.24) is 15.0 Å². The molecule has 7 nitrogen and oxygen atoms in total. The van der Waals surface area contributed by atoms with Crippen molar-refractivity contribution in [3.8, 4) is 0 Å². The van der Waals surface area contributed by atoms with Crippen LogP contribution < -0.4 is 5.32 Å². The zero-order valence-electron chi connectivity index (χ0n) is 14.0. The molecule has 0 atom stereocenters. The summed E-state index contributed by atoms with van der Waals surface area (Å²) in [6.07, 6.45) is 0. The van der Waals surface area contributed by atoms with Gasteiger partial charge in [-0.1, -0.05) is 19.0 Å². The quantitative estimate of drug-likeness (QED) is 0.788. The molecule has 22 heavy (non-hydrogen) atoms. The van der Waals surface area contributed by atoms with Crippen molar-refractivity contribution < 1.29 is 14.1 Å². The fourth-order valence-corrected chi connectivity index (χ4v) is 2.01. The van der Waals surface area contributed by atoms with Crippen molar-refractivity contribution in [2.75, 3.05) is 38.5 Å². The third-order valence-electron chi connectivity index (χ3n) is 3.32. The van der Waals surface area contributed by atoms with Crippen LogP contribution in [0.5, 0.6) is 0 Å². The molecule has 1 rings (SSSR count). The molecular weight excluding hydrogens is 284 g/mol. The molecule has 1 aromatic rings. The Bertz CT molecular complexity index is 495. The summed E-state index contributed by atoms with van der Waals surface area (Å²) in [6.45, 7) is 9.53.